The number of fused-ring (bicyclic) bond motifs is 16. The number of hydrogen-bond donors (Lipinski definition) is 0. The van der Waals surface area contributed by atoms with Gasteiger partial charge in [0.1, 0.15) is 11.2 Å². The highest BCUT2D eigenvalue weighted by atomic mass is 16.3. The van der Waals surface area contributed by atoms with E-state index in [1.807, 2.05) is 6.07 Å². The van der Waals surface area contributed by atoms with Crippen molar-refractivity contribution in [3.63, 3.8) is 0 Å². The molecule has 0 saturated carbocycles. The maximum Gasteiger partial charge on any atom is 0.333 e. The predicted molar refractivity (Wildman–Crippen MR) is 267 cm³/mol. The molecule has 2 aliphatic rings. The molecule has 3 aromatic heterocycles. The zero-order valence-electron chi connectivity index (χ0n) is 34.4. The predicted octanol–water partition coefficient (Wildman–Crippen LogP) is 14.6. The SMILES string of the molecule is c1ccc(N(c2ccccc2)c2ccc3c(c2)N(c2cccc4c2oc2ccccc24)c2c4c(cc5c2oc2ccccc25)-c2cccc5c6c7ccccc7ccc6n(c25)B34)cc1. The lowest BCUT2D eigenvalue weighted by atomic mass is 9.45. The molecular weight excluding hydrogens is 781 g/mol. The average molecular weight is 816 g/mol. The number of para-hydroxylation sites is 6. The van der Waals surface area contributed by atoms with Gasteiger partial charge in [0.25, 0.3) is 0 Å². The second-order valence-corrected chi connectivity index (χ2v) is 17.2. The molecule has 0 spiro atoms. The highest BCUT2D eigenvalue weighted by Crippen LogP contribution is 2.52. The molecule has 0 atom stereocenters. The van der Waals surface area contributed by atoms with Crippen molar-refractivity contribution >= 4 is 128 Å². The zero-order valence-corrected chi connectivity index (χ0v) is 34.4. The van der Waals surface area contributed by atoms with Gasteiger partial charge in [-0.25, -0.2) is 0 Å². The molecule has 0 fully saturated rings. The molecule has 0 unspecified atom stereocenters. The molecule has 13 aromatic rings. The van der Waals surface area contributed by atoms with E-state index >= 15 is 0 Å². The van der Waals surface area contributed by atoms with Crippen LogP contribution in [-0.2, 0) is 0 Å². The van der Waals surface area contributed by atoms with Gasteiger partial charge in [0, 0.05) is 71.7 Å². The van der Waals surface area contributed by atoms with Crippen LogP contribution in [0.3, 0.4) is 0 Å². The van der Waals surface area contributed by atoms with Crippen LogP contribution in [0.1, 0.15) is 0 Å². The van der Waals surface area contributed by atoms with Crippen molar-refractivity contribution in [2.24, 2.45) is 0 Å². The van der Waals surface area contributed by atoms with Crippen molar-refractivity contribution in [1.82, 2.24) is 4.48 Å². The summed E-state index contributed by atoms with van der Waals surface area (Å²) in [4.78, 5) is 4.82. The molecule has 2 aliphatic heterocycles. The van der Waals surface area contributed by atoms with Crippen LogP contribution in [-0.4, -0.2) is 11.3 Å². The second-order valence-electron chi connectivity index (χ2n) is 17.2. The molecule has 0 amide bonds. The molecule has 0 N–H and O–H groups in total. The first-order chi connectivity index (χ1) is 31.8. The summed E-state index contributed by atoms with van der Waals surface area (Å²) >= 11 is 0. The quantitative estimate of drug-likeness (QED) is 0.166. The van der Waals surface area contributed by atoms with Crippen molar-refractivity contribution in [2.75, 3.05) is 9.80 Å². The summed E-state index contributed by atoms with van der Waals surface area (Å²) in [5, 5.41) is 9.40. The van der Waals surface area contributed by atoms with Crippen LogP contribution in [0.15, 0.2) is 215 Å². The Morgan fingerprint density at radius 1 is 0.422 bits per heavy atom. The highest BCUT2D eigenvalue weighted by molar-refractivity contribution is 6.90. The molecule has 0 saturated heterocycles. The maximum atomic E-state index is 7.17. The van der Waals surface area contributed by atoms with Crippen molar-refractivity contribution in [3.05, 3.63) is 206 Å². The van der Waals surface area contributed by atoms with Crippen molar-refractivity contribution < 1.29 is 8.83 Å². The van der Waals surface area contributed by atoms with Gasteiger partial charge >= 0.3 is 6.85 Å². The lowest BCUT2D eigenvalue weighted by Gasteiger charge is -2.41. The van der Waals surface area contributed by atoms with E-state index in [-0.39, 0.29) is 6.85 Å². The van der Waals surface area contributed by atoms with Crippen LogP contribution in [0.5, 0.6) is 0 Å². The number of rotatable bonds is 4. The van der Waals surface area contributed by atoms with Crippen molar-refractivity contribution in [1.29, 1.82) is 0 Å². The van der Waals surface area contributed by atoms with Gasteiger partial charge in [-0.1, -0.05) is 140 Å². The minimum atomic E-state index is -0.184. The van der Waals surface area contributed by atoms with Crippen LogP contribution in [0.4, 0.5) is 34.1 Å². The summed E-state index contributed by atoms with van der Waals surface area (Å²) in [7, 11) is 0. The third-order valence-electron chi connectivity index (χ3n) is 13.9. The molecule has 0 aliphatic carbocycles. The summed E-state index contributed by atoms with van der Waals surface area (Å²) in [6, 6.07) is 74.6. The molecule has 5 nitrogen and oxygen atoms in total. The first-order valence-corrected chi connectivity index (χ1v) is 22.0. The van der Waals surface area contributed by atoms with Gasteiger partial charge < -0.3 is 23.1 Å². The van der Waals surface area contributed by atoms with E-state index in [0.717, 1.165) is 78.0 Å². The second kappa shape index (κ2) is 12.6. The molecule has 5 heterocycles. The van der Waals surface area contributed by atoms with Gasteiger partial charge in [0.15, 0.2) is 11.2 Å². The minimum absolute atomic E-state index is 0.184. The Hall–Kier alpha value is -8.48. The first-order valence-electron chi connectivity index (χ1n) is 22.0. The van der Waals surface area contributed by atoms with E-state index in [9.17, 15) is 0 Å². The lowest BCUT2D eigenvalue weighted by molar-refractivity contribution is 0.666. The first kappa shape index (κ1) is 34.2. The zero-order chi connectivity index (χ0) is 41.6. The molecule has 296 valence electrons. The molecule has 10 aromatic carbocycles. The van der Waals surface area contributed by atoms with Crippen molar-refractivity contribution in [3.8, 4) is 11.1 Å². The van der Waals surface area contributed by atoms with Crippen LogP contribution >= 0.6 is 0 Å². The Labute approximate surface area is 367 Å². The fourth-order valence-corrected chi connectivity index (χ4v) is 11.3. The fourth-order valence-electron chi connectivity index (χ4n) is 11.3. The number of anilines is 6. The summed E-state index contributed by atoms with van der Waals surface area (Å²) in [6.45, 7) is -0.184. The van der Waals surface area contributed by atoms with Gasteiger partial charge in [-0.3, -0.25) is 0 Å². The van der Waals surface area contributed by atoms with E-state index in [1.54, 1.807) is 0 Å². The number of nitrogens with zero attached hydrogens (tertiary/aromatic N) is 3. The normalized spacial score (nSPS) is 12.9. The van der Waals surface area contributed by atoms with E-state index in [0.29, 0.717) is 0 Å². The van der Waals surface area contributed by atoms with E-state index in [2.05, 4.69) is 214 Å². The number of aromatic nitrogens is 1. The van der Waals surface area contributed by atoms with E-state index in [1.165, 1.54) is 54.6 Å². The van der Waals surface area contributed by atoms with Gasteiger partial charge in [-0.15, -0.1) is 0 Å². The Kier molecular flexibility index (Phi) is 6.70. The minimum Gasteiger partial charge on any atom is -0.454 e. The monoisotopic (exact) mass is 815 g/mol. The van der Waals surface area contributed by atoms with Crippen LogP contribution in [0.25, 0.3) is 87.6 Å². The molecule has 15 rings (SSSR count). The van der Waals surface area contributed by atoms with E-state index in [4.69, 9.17) is 8.83 Å². The molecule has 0 radical (unpaired) electrons. The summed E-state index contributed by atoms with van der Waals surface area (Å²) < 4.78 is 16.8. The van der Waals surface area contributed by atoms with Gasteiger partial charge in [-0.2, -0.15) is 0 Å². The largest absolute Gasteiger partial charge is 0.454 e. The Bertz CT molecular complexity index is 4070. The molecule has 6 heteroatoms. The number of benzene rings is 10. The van der Waals surface area contributed by atoms with Crippen LogP contribution < -0.4 is 20.7 Å². The van der Waals surface area contributed by atoms with Gasteiger partial charge in [-0.05, 0) is 94.0 Å². The highest BCUT2D eigenvalue weighted by Gasteiger charge is 2.45. The Morgan fingerprint density at radius 3 is 1.84 bits per heavy atom. The smallest absolute Gasteiger partial charge is 0.333 e. The van der Waals surface area contributed by atoms with Crippen LogP contribution in [0.2, 0.25) is 0 Å². The van der Waals surface area contributed by atoms with Crippen molar-refractivity contribution in [2.45, 2.75) is 0 Å². The third kappa shape index (κ3) is 4.43. The van der Waals surface area contributed by atoms with Gasteiger partial charge in [0.05, 0.1) is 11.4 Å². The standard InChI is InChI=1S/C58H34BN3O2/c1-3-16-36(17-4-1)60(37-18-5-2-6-19-37)38-30-31-47-50(33-38)61(49-26-14-24-43-40-21-9-11-27-51(40)63-57(43)49)56-54-45(34-46-41-22-10-12-28-52(41)64-58(46)56)42-23-13-25-44-53-39-20-8-7-15-35(39)29-32-48(53)62(55(42)44)59(47)54/h1-34H. The summed E-state index contributed by atoms with van der Waals surface area (Å²) in [5.74, 6) is 0. The van der Waals surface area contributed by atoms with Crippen LogP contribution in [0, 0.1) is 0 Å². The number of hydrogen-bond acceptors (Lipinski definition) is 4. The topological polar surface area (TPSA) is 37.7 Å². The Balaban J connectivity index is 1.14. The summed E-state index contributed by atoms with van der Waals surface area (Å²) in [6.07, 6.45) is 0. The third-order valence-corrected chi connectivity index (χ3v) is 13.9. The van der Waals surface area contributed by atoms with Gasteiger partial charge in [0.2, 0.25) is 0 Å². The Morgan fingerprint density at radius 2 is 1.06 bits per heavy atom. The maximum absolute atomic E-state index is 7.17. The molecule has 0 bridgehead atoms. The molecular formula is C58H34BN3O2. The molecule has 64 heavy (non-hydrogen) atoms. The van der Waals surface area contributed by atoms with E-state index < -0.39 is 0 Å². The fraction of sp³-hybridized carbons (Fsp3) is 0. The average Bonchev–Trinajstić information content (AvgIpc) is 4.04. The lowest BCUT2D eigenvalue weighted by Crippen LogP contribution is -2.56. The number of furan rings is 2. The summed E-state index contributed by atoms with van der Waals surface area (Å²) in [5.41, 5.74) is 17.0.